The number of aromatic nitrogens is 1. The molecule has 0 saturated carbocycles. The van der Waals surface area contributed by atoms with Crippen molar-refractivity contribution < 1.29 is 17.9 Å². The number of allylic oxidation sites excluding steroid dienone is 1. The molecule has 1 aromatic heterocycles. The predicted octanol–water partition coefficient (Wildman–Crippen LogP) is 3.46. The fraction of sp³-hybridized carbons (Fsp3) is 0.250. The smallest absolute Gasteiger partial charge is 0.306 e. The second-order valence-corrected chi connectivity index (χ2v) is 8.66. The summed E-state index contributed by atoms with van der Waals surface area (Å²) in [5.74, 6) is -0.759. The van der Waals surface area contributed by atoms with Crippen LogP contribution >= 0.6 is 22.9 Å². The molecular formula is C16H14ClNO4S2. The monoisotopic (exact) mass is 383 g/mol. The quantitative estimate of drug-likeness (QED) is 0.739. The maximum absolute atomic E-state index is 11.8. The first kappa shape index (κ1) is 17.1. The third-order valence-electron chi connectivity index (χ3n) is 3.46. The van der Waals surface area contributed by atoms with Crippen molar-refractivity contribution >= 4 is 38.7 Å². The Hall–Kier alpha value is -1.70. The zero-order valence-electron chi connectivity index (χ0n) is 12.5. The van der Waals surface area contributed by atoms with Crippen LogP contribution in [-0.2, 0) is 26.0 Å². The summed E-state index contributed by atoms with van der Waals surface area (Å²) in [7, 11) is -3.15. The lowest BCUT2D eigenvalue weighted by Gasteiger charge is -2.06. The van der Waals surface area contributed by atoms with E-state index in [2.05, 4.69) is 4.98 Å². The van der Waals surface area contributed by atoms with Gasteiger partial charge in [-0.1, -0.05) is 29.8 Å². The molecule has 0 fully saturated rings. The normalized spacial score (nSPS) is 18.6. The molecule has 0 unspecified atom stereocenters. The zero-order valence-corrected chi connectivity index (χ0v) is 14.9. The number of hydrogen-bond donors (Lipinski definition) is 0. The highest BCUT2D eigenvalue weighted by Crippen LogP contribution is 2.25. The number of rotatable bonds is 5. The number of thiazole rings is 1. The van der Waals surface area contributed by atoms with Crippen LogP contribution in [0, 0.1) is 5.92 Å². The van der Waals surface area contributed by atoms with Crippen molar-refractivity contribution in [3.63, 3.8) is 0 Å². The molecule has 0 aliphatic carbocycles. The molecular weight excluding hydrogens is 370 g/mol. The first-order valence-electron chi connectivity index (χ1n) is 7.18. The first-order chi connectivity index (χ1) is 11.4. The van der Waals surface area contributed by atoms with Gasteiger partial charge in [0.25, 0.3) is 0 Å². The first-order valence-corrected chi connectivity index (χ1v) is 10.2. The van der Waals surface area contributed by atoms with Gasteiger partial charge in [-0.25, -0.2) is 13.4 Å². The number of carbonyl (C=O) groups excluding carboxylic acids is 1. The summed E-state index contributed by atoms with van der Waals surface area (Å²) in [6, 6.07) is 7.34. The van der Waals surface area contributed by atoms with Gasteiger partial charge < -0.3 is 4.74 Å². The molecule has 1 atom stereocenters. The summed E-state index contributed by atoms with van der Waals surface area (Å²) >= 11 is 7.32. The topological polar surface area (TPSA) is 73.3 Å². The second-order valence-electron chi connectivity index (χ2n) is 5.43. The Morgan fingerprint density at radius 1 is 1.33 bits per heavy atom. The van der Waals surface area contributed by atoms with Crippen molar-refractivity contribution in [2.75, 3.05) is 5.75 Å². The average molecular weight is 384 g/mol. The summed E-state index contributed by atoms with van der Waals surface area (Å²) in [5, 5.41) is 4.47. The van der Waals surface area contributed by atoms with Crippen LogP contribution < -0.4 is 0 Å². The van der Waals surface area contributed by atoms with Crippen LogP contribution in [0.1, 0.15) is 12.1 Å². The largest absolute Gasteiger partial charge is 0.459 e. The number of nitrogens with zero attached hydrogens (tertiary/aromatic N) is 1. The molecule has 0 bridgehead atoms. The summed E-state index contributed by atoms with van der Waals surface area (Å²) in [6.45, 7) is 0.0755. The molecule has 8 heteroatoms. The molecule has 126 valence electrons. The van der Waals surface area contributed by atoms with Gasteiger partial charge in [-0.3, -0.25) is 4.79 Å². The van der Waals surface area contributed by atoms with E-state index in [4.69, 9.17) is 16.3 Å². The van der Waals surface area contributed by atoms with E-state index in [9.17, 15) is 13.2 Å². The summed E-state index contributed by atoms with van der Waals surface area (Å²) in [5.41, 5.74) is 1.61. The Bertz CT molecular complexity index is 872. The molecule has 5 nitrogen and oxygen atoms in total. The number of sulfone groups is 1. The number of halogens is 1. The lowest BCUT2D eigenvalue weighted by atomic mass is 10.1. The molecule has 2 heterocycles. The molecule has 24 heavy (non-hydrogen) atoms. The van der Waals surface area contributed by atoms with Crippen LogP contribution in [0.3, 0.4) is 0 Å². The minimum atomic E-state index is -3.15. The van der Waals surface area contributed by atoms with E-state index < -0.39 is 15.8 Å². The number of carbonyl (C=O) groups is 1. The van der Waals surface area contributed by atoms with E-state index in [0.29, 0.717) is 10.7 Å². The van der Waals surface area contributed by atoms with Crippen LogP contribution in [0.15, 0.2) is 41.1 Å². The lowest BCUT2D eigenvalue weighted by molar-refractivity contribution is -0.145. The molecule has 0 amide bonds. The standard InChI is InChI=1S/C16H14ClNO4S2/c17-13-3-1-12(2-4-13)16-18-14(9-23-16)8-22-15(19)7-11-5-6-24(20,21)10-11/h1-6,9,11H,7-8,10H2/t11-/m1/s1. The van der Waals surface area contributed by atoms with E-state index in [1.165, 1.54) is 17.4 Å². The number of esters is 1. The second kappa shape index (κ2) is 7.04. The average Bonchev–Trinajstić information content (AvgIpc) is 3.12. The number of benzene rings is 1. The van der Waals surface area contributed by atoms with Crippen molar-refractivity contribution in [2.24, 2.45) is 5.92 Å². The van der Waals surface area contributed by atoms with Crippen LogP contribution in [0.4, 0.5) is 0 Å². The van der Waals surface area contributed by atoms with Gasteiger partial charge in [0.15, 0.2) is 9.84 Å². The molecule has 2 aromatic rings. The molecule has 1 aromatic carbocycles. The molecule has 3 rings (SSSR count). The fourth-order valence-electron chi connectivity index (χ4n) is 2.29. The highest BCUT2D eigenvalue weighted by atomic mass is 35.5. The lowest BCUT2D eigenvalue weighted by Crippen LogP contribution is -2.13. The highest BCUT2D eigenvalue weighted by Gasteiger charge is 2.24. The van der Waals surface area contributed by atoms with Crippen molar-refractivity contribution in [1.29, 1.82) is 0 Å². The zero-order chi connectivity index (χ0) is 17.2. The third-order valence-corrected chi connectivity index (χ3v) is 6.11. The van der Waals surface area contributed by atoms with Gasteiger partial charge in [-0.2, -0.15) is 0 Å². The molecule has 0 saturated heterocycles. The van der Waals surface area contributed by atoms with Gasteiger partial charge in [0.05, 0.1) is 17.9 Å². The maximum Gasteiger partial charge on any atom is 0.306 e. The Morgan fingerprint density at radius 2 is 2.08 bits per heavy atom. The highest BCUT2D eigenvalue weighted by molar-refractivity contribution is 7.94. The van der Waals surface area contributed by atoms with E-state index in [-0.39, 0.29) is 24.7 Å². The van der Waals surface area contributed by atoms with Gasteiger partial charge in [-0.15, -0.1) is 11.3 Å². The van der Waals surface area contributed by atoms with Crippen molar-refractivity contribution in [3.05, 3.63) is 51.8 Å². The van der Waals surface area contributed by atoms with Gasteiger partial charge in [0.1, 0.15) is 11.6 Å². The minimum Gasteiger partial charge on any atom is -0.459 e. The number of ether oxygens (including phenoxy) is 1. The Morgan fingerprint density at radius 3 is 2.75 bits per heavy atom. The summed E-state index contributed by atoms with van der Waals surface area (Å²) in [4.78, 5) is 16.2. The Labute approximate surface area is 148 Å². The molecule has 0 radical (unpaired) electrons. The molecule has 0 spiro atoms. The maximum atomic E-state index is 11.8. The van der Waals surface area contributed by atoms with E-state index >= 15 is 0 Å². The van der Waals surface area contributed by atoms with Crippen LogP contribution in [-0.4, -0.2) is 25.1 Å². The van der Waals surface area contributed by atoms with Crippen molar-refractivity contribution in [1.82, 2.24) is 4.98 Å². The van der Waals surface area contributed by atoms with E-state index in [1.807, 2.05) is 17.5 Å². The van der Waals surface area contributed by atoms with Crippen molar-refractivity contribution in [3.8, 4) is 10.6 Å². The SMILES string of the molecule is O=C(C[C@H]1C=CS(=O)(=O)C1)OCc1csc(-c2ccc(Cl)cc2)n1. The molecule has 0 N–H and O–H groups in total. The van der Waals surface area contributed by atoms with Crippen LogP contribution in [0.25, 0.3) is 10.6 Å². The third kappa shape index (κ3) is 4.43. The fourth-order valence-corrected chi connectivity index (χ4v) is 4.63. The van der Waals surface area contributed by atoms with Gasteiger partial charge in [0.2, 0.25) is 0 Å². The summed E-state index contributed by atoms with van der Waals surface area (Å²) < 4.78 is 27.8. The van der Waals surface area contributed by atoms with Crippen molar-refractivity contribution in [2.45, 2.75) is 13.0 Å². The van der Waals surface area contributed by atoms with Gasteiger partial charge >= 0.3 is 5.97 Å². The summed E-state index contributed by atoms with van der Waals surface area (Å²) in [6.07, 6.45) is 1.60. The number of hydrogen-bond acceptors (Lipinski definition) is 6. The minimum absolute atomic E-state index is 0.0283. The Kier molecular flexibility index (Phi) is 5.03. The Balaban J connectivity index is 1.53. The van der Waals surface area contributed by atoms with E-state index in [1.54, 1.807) is 12.1 Å². The van der Waals surface area contributed by atoms with Crippen LogP contribution in [0.2, 0.25) is 5.02 Å². The van der Waals surface area contributed by atoms with E-state index in [0.717, 1.165) is 16.0 Å². The predicted molar refractivity (Wildman–Crippen MR) is 93.4 cm³/mol. The molecule has 1 aliphatic heterocycles. The van der Waals surface area contributed by atoms with Crippen LogP contribution in [0.5, 0.6) is 0 Å². The van der Waals surface area contributed by atoms with Gasteiger partial charge in [-0.05, 0) is 12.1 Å². The molecule has 1 aliphatic rings. The van der Waals surface area contributed by atoms with Gasteiger partial charge in [0, 0.05) is 27.3 Å².